The number of non-ortho nitro benzene ring substituents is 1. The van der Waals surface area contributed by atoms with E-state index in [0.717, 1.165) is 5.56 Å². The molecule has 0 amide bonds. The minimum absolute atomic E-state index is 0.00836. The highest BCUT2D eigenvalue weighted by atomic mass is 35.5. The van der Waals surface area contributed by atoms with Crippen molar-refractivity contribution in [1.82, 2.24) is 5.32 Å². The molecule has 110 valence electrons. The lowest BCUT2D eigenvalue weighted by molar-refractivity contribution is -0.384. The number of nitro benzene ring substituents is 1. The maximum atomic E-state index is 10.8. The smallest absolute Gasteiger partial charge is 0.269 e. The highest BCUT2D eigenvalue weighted by Gasteiger charge is 2.12. The van der Waals surface area contributed by atoms with Crippen LogP contribution in [0.2, 0.25) is 10.0 Å². The molecule has 2 aromatic rings. The summed E-state index contributed by atoms with van der Waals surface area (Å²) in [4.78, 5) is 10.4. The molecule has 0 saturated heterocycles. The molecule has 0 spiro atoms. The zero-order valence-electron chi connectivity index (χ0n) is 11.3. The van der Waals surface area contributed by atoms with Gasteiger partial charge >= 0.3 is 0 Å². The molecule has 1 N–H and O–H groups in total. The van der Waals surface area contributed by atoms with E-state index in [-0.39, 0.29) is 11.7 Å². The Kier molecular flexibility index (Phi) is 5.17. The number of rotatable bonds is 5. The maximum absolute atomic E-state index is 10.8. The normalized spacial score (nSPS) is 12.1. The van der Waals surface area contributed by atoms with Crippen molar-refractivity contribution in [3.63, 3.8) is 0 Å². The van der Waals surface area contributed by atoms with Gasteiger partial charge < -0.3 is 5.32 Å². The van der Waals surface area contributed by atoms with Crippen molar-refractivity contribution in [2.75, 3.05) is 0 Å². The van der Waals surface area contributed by atoms with Crippen molar-refractivity contribution in [3.05, 3.63) is 73.8 Å². The molecule has 0 bridgehead atoms. The summed E-state index contributed by atoms with van der Waals surface area (Å²) in [5, 5.41) is 15.2. The Balaban J connectivity index is 2.11. The average Bonchev–Trinajstić information content (AvgIpc) is 2.46. The van der Waals surface area contributed by atoms with Gasteiger partial charge in [-0.2, -0.15) is 0 Å². The standard InChI is InChI=1S/C15H14Cl2N2O2/c1-10(13-4-2-3-5-15(13)17)18-9-11-8-12(19(20)21)6-7-14(11)16/h2-8,10,18H,9H2,1H3. The van der Waals surface area contributed by atoms with Gasteiger partial charge in [0.05, 0.1) is 4.92 Å². The summed E-state index contributed by atoms with van der Waals surface area (Å²) in [5.74, 6) is 0. The zero-order valence-corrected chi connectivity index (χ0v) is 12.9. The van der Waals surface area contributed by atoms with E-state index in [1.165, 1.54) is 18.2 Å². The van der Waals surface area contributed by atoms with Crippen molar-refractivity contribution in [2.45, 2.75) is 19.5 Å². The summed E-state index contributed by atoms with van der Waals surface area (Å²) in [6, 6.07) is 12.0. The Hall–Kier alpha value is -1.62. The van der Waals surface area contributed by atoms with Crippen LogP contribution in [0.1, 0.15) is 24.1 Å². The molecule has 1 atom stereocenters. The fourth-order valence-electron chi connectivity index (χ4n) is 2.01. The molecule has 0 aliphatic carbocycles. The molecular weight excluding hydrogens is 311 g/mol. The van der Waals surface area contributed by atoms with Crippen LogP contribution in [0.15, 0.2) is 42.5 Å². The number of nitrogens with zero attached hydrogens (tertiary/aromatic N) is 1. The highest BCUT2D eigenvalue weighted by molar-refractivity contribution is 6.31. The molecule has 0 aliphatic heterocycles. The molecule has 0 saturated carbocycles. The monoisotopic (exact) mass is 324 g/mol. The average molecular weight is 325 g/mol. The summed E-state index contributed by atoms with van der Waals surface area (Å²) >= 11 is 12.2. The van der Waals surface area contributed by atoms with Crippen molar-refractivity contribution in [3.8, 4) is 0 Å². The van der Waals surface area contributed by atoms with Gasteiger partial charge in [-0.1, -0.05) is 41.4 Å². The Morgan fingerprint density at radius 1 is 1.19 bits per heavy atom. The van der Waals surface area contributed by atoms with Crippen LogP contribution in [0.3, 0.4) is 0 Å². The molecule has 2 aromatic carbocycles. The second kappa shape index (κ2) is 6.89. The van der Waals surface area contributed by atoms with Crippen LogP contribution in [0.25, 0.3) is 0 Å². The molecule has 4 nitrogen and oxygen atoms in total. The van der Waals surface area contributed by atoms with Crippen LogP contribution in [-0.4, -0.2) is 4.92 Å². The largest absolute Gasteiger partial charge is 0.306 e. The molecule has 21 heavy (non-hydrogen) atoms. The van der Waals surface area contributed by atoms with Crippen LogP contribution in [0, 0.1) is 10.1 Å². The van der Waals surface area contributed by atoms with E-state index in [0.29, 0.717) is 22.2 Å². The third kappa shape index (κ3) is 3.94. The summed E-state index contributed by atoms with van der Waals surface area (Å²) in [6.07, 6.45) is 0. The van der Waals surface area contributed by atoms with E-state index in [1.807, 2.05) is 31.2 Å². The first-order valence-corrected chi connectivity index (χ1v) is 7.15. The van der Waals surface area contributed by atoms with Crippen LogP contribution in [-0.2, 0) is 6.54 Å². The number of nitrogens with one attached hydrogen (secondary N) is 1. The van der Waals surface area contributed by atoms with Gasteiger partial charge in [0.1, 0.15) is 0 Å². The minimum atomic E-state index is -0.433. The quantitative estimate of drug-likeness (QED) is 0.637. The molecule has 0 aromatic heterocycles. The first-order valence-electron chi connectivity index (χ1n) is 6.39. The number of halogens is 2. The number of benzene rings is 2. The number of hydrogen-bond donors (Lipinski definition) is 1. The third-order valence-corrected chi connectivity index (χ3v) is 3.92. The zero-order chi connectivity index (χ0) is 15.4. The van der Waals surface area contributed by atoms with Gasteiger partial charge in [0.25, 0.3) is 5.69 Å². The number of hydrogen-bond acceptors (Lipinski definition) is 3. The first kappa shape index (κ1) is 15.8. The molecule has 0 heterocycles. The molecule has 0 fully saturated rings. The third-order valence-electron chi connectivity index (χ3n) is 3.21. The van der Waals surface area contributed by atoms with Crippen LogP contribution in [0.4, 0.5) is 5.69 Å². The van der Waals surface area contributed by atoms with Gasteiger partial charge in [-0.05, 0) is 30.2 Å². The summed E-state index contributed by atoms with van der Waals surface area (Å²) in [7, 11) is 0. The predicted octanol–water partition coefficient (Wildman–Crippen LogP) is 4.75. The second-order valence-electron chi connectivity index (χ2n) is 4.66. The van der Waals surface area contributed by atoms with Crippen LogP contribution in [0.5, 0.6) is 0 Å². The SMILES string of the molecule is CC(NCc1cc([N+](=O)[O-])ccc1Cl)c1ccccc1Cl. The van der Waals surface area contributed by atoms with Crippen molar-refractivity contribution in [1.29, 1.82) is 0 Å². The predicted molar refractivity (Wildman–Crippen MR) is 84.8 cm³/mol. The van der Waals surface area contributed by atoms with E-state index < -0.39 is 4.92 Å². The van der Waals surface area contributed by atoms with Gasteiger partial charge in [-0.3, -0.25) is 10.1 Å². The summed E-state index contributed by atoms with van der Waals surface area (Å²) in [6.45, 7) is 2.40. The van der Waals surface area contributed by atoms with E-state index in [4.69, 9.17) is 23.2 Å². The molecule has 2 rings (SSSR count). The van der Waals surface area contributed by atoms with Gasteiger partial charge in [0.15, 0.2) is 0 Å². The lowest BCUT2D eigenvalue weighted by Gasteiger charge is -2.16. The summed E-state index contributed by atoms with van der Waals surface area (Å²) in [5.41, 5.74) is 1.69. The Bertz CT molecular complexity index is 662. The van der Waals surface area contributed by atoms with Crippen molar-refractivity contribution < 1.29 is 4.92 Å². The minimum Gasteiger partial charge on any atom is -0.306 e. The van der Waals surface area contributed by atoms with Crippen LogP contribution >= 0.6 is 23.2 Å². The van der Waals surface area contributed by atoms with Crippen molar-refractivity contribution in [2.24, 2.45) is 0 Å². The first-order chi connectivity index (χ1) is 9.99. The molecule has 1 unspecified atom stereocenters. The fraction of sp³-hybridized carbons (Fsp3) is 0.200. The summed E-state index contributed by atoms with van der Waals surface area (Å²) < 4.78 is 0. The lowest BCUT2D eigenvalue weighted by atomic mass is 10.1. The molecule has 0 radical (unpaired) electrons. The van der Waals surface area contributed by atoms with Crippen LogP contribution < -0.4 is 5.32 Å². The van der Waals surface area contributed by atoms with E-state index in [1.54, 1.807) is 0 Å². The van der Waals surface area contributed by atoms with E-state index in [9.17, 15) is 10.1 Å². The van der Waals surface area contributed by atoms with Crippen molar-refractivity contribution >= 4 is 28.9 Å². The Morgan fingerprint density at radius 3 is 2.57 bits per heavy atom. The Morgan fingerprint density at radius 2 is 1.90 bits per heavy atom. The van der Waals surface area contributed by atoms with Gasteiger partial charge in [-0.25, -0.2) is 0 Å². The molecule has 6 heteroatoms. The maximum Gasteiger partial charge on any atom is 0.269 e. The number of nitro groups is 1. The second-order valence-corrected chi connectivity index (χ2v) is 5.47. The van der Waals surface area contributed by atoms with E-state index >= 15 is 0 Å². The lowest BCUT2D eigenvalue weighted by Crippen LogP contribution is -2.18. The molecule has 0 aliphatic rings. The molecular formula is C15H14Cl2N2O2. The Labute approximate surface area is 132 Å². The van der Waals surface area contributed by atoms with Gasteiger partial charge in [0.2, 0.25) is 0 Å². The highest BCUT2D eigenvalue weighted by Crippen LogP contribution is 2.25. The van der Waals surface area contributed by atoms with E-state index in [2.05, 4.69) is 5.32 Å². The topological polar surface area (TPSA) is 55.2 Å². The van der Waals surface area contributed by atoms with Gasteiger partial charge in [0, 0.05) is 34.8 Å². The fourth-order valence-corrected chi connectivity index (χ4v) is 2.49. The van der Waals surface area contributed by atoms with Gasteiger partial charge in [-0.15, -0.1) is 0 Å².